The highest BCUT2D eigenvalue weighted by Gasteiger charge is 2.26. The molecule has 0 atom stereocenters. The Morgan fingerprint density at radius 2 is 1.81 bits per heavy atom. The van der Waals surface area contributed by atoms with Crippen molar-refractivity contribution in [3.8, 4) is 0 Å². The molecule has 0 aromatic heterocycles. The summed E-state index contributed by atoms with van der Waals surface area (Å²) < 4.78 is 25.6. The molecule has 21 heavy (non-hydrogen) atoms. The molecule has 0 unspecified atom stereocenters. The van der Waals surface area contributed by atoms with E-state index in [-0.39, 0.29) is 0 Å². The molecule has 0 aliphatic heterocycles. The van der Waals surface area contributed by atoms with Gasteiger partial charge in [0.2, 0.25) is 10.0 Å². The largest absolute Gasteiger partial charge is 0.382 e. The second-order valence-corrected chi connectivity index (χ2v) is 9.05. The first-order valence-corrected chi connectivity index (χ1v) is 8.94. The summed E-state index contributed by atoms with van der Waals surface area (Å²) in [5.41, 5.74) is 1.33. The van der Waals surface area contributed by atoms with E-state index in [0.717, 1.165) is 18.5 Å². The van der Waals surface area contributed by atoms with Gasteiger partial charge in [0.1, 0.15) is 0 Å². The zero-order valence-corrected chi connectivity index (χ0v) is 14.2. The Balaban J connectivity index is 2.09. The van der Waals surface area contributed by atoms with Crippen LogP contribution in [0.1, 0.15) is 39.5 Å². The van der Waals surface area contributed by atoms with Crippen LogP contribution in [-0.2, 0) is 10.0 Å². The monoisotopic (exact) mass is 310 g/mol. The number of rotatable bonds is 4. The number of hydrogen-bond acceptors (Lipinski definition) is 3. The van der Waals surface area contributed by atoms with Gasteiger partial charge in [-0.1, -0.05) is 19.9 Å². The average molecular weight is 310 g/mol. The van der Waals surface area contributed by atoms with Gasteiger partial charge in [-0.15, -0.1) is 0 Å². The summed E-state index contributed by atoms with van der Waals surface area (Å²) in [6.07, 6.45) is 4.69. The van der Waals surface area contributed by atoms with Crippen molar-refractivity contribution < 1.29 is 8.42 Å². The van der Waals surface area contributed by atoms with E-state index < -0.39 is 10.0 Å². The van der Waals surface area contributed by atoms with Crippen molar-refractivity contribution in [1.29, 1.82) is 0 Å². The van der Waals surface area contributed by atoms with Crippen LogP contribution in [0.15, 0.2) is 29.2 Å². The number of nitrogens with one attached hydrogen (secondary N) is 1. The van der Waals surface area contributed by atoms with Crippen molar-refractivity contribution in [1.82, 2.24) is 4.31 Å². The first-order valence-electron chi connectivity index (χ1n) is 7.50. The number of hydrogen-bond donors (Lipinski definition) is 1. The first kappa shape index (κ1) is 16.3. The molecule has 0 spiro atoms. The van der Waals surface area contributed by atoms with Crippen molar-refractivity contribution >= 4 is 15.7 Å². The minimum Gasteiger partial charge on any atom is -0.382 e. The van der Waals surface area contributed by atoms with E-state index in [9.17, 15) is 8.42 Å². The maximum absolute atomic E-state index is 12.2. The van der Waals surface area contributed by atoms with Gasteiger partial charge in [0.05, 0.1) is 4.90 Å². The van der Waals surface area contributed by atoms with Gasteiger partial charge in [0.15, 0.2) is 0 Å². The minimum absolute atomic E-state index is 0.341. The van der Waals surface area contributed by atoms with Crippen LogP contribution in [0.3, 0.4) is 0 Å². The summed E-state index contributed by atoms with van der Waals surface area (Å²) in [5, 5.41) is 3.49. The van der Waals surface area contributed by atoms with E-state index in [1.54, 1.807) is 32.3 Å². The number of benzene rings is 1. The molecule has 1 fully saturated rings. The molecule has 1 saturated carbocycles. The Bertz CT molecular complexity index is 584. The third-order valence-electron chi connectivity index (χ3n) is 4.32. The molecule has 1 N–H and O–H groups in total. The molecule has 0 bridgehead atoms. The van der Waals surface area contributed by atoms with E-state index in [1.807, 2.05) is 6.07 Å². The van der Waals surface area contributed by atoms with E-state index in [1.165, 1.54) is 17.1 Å². The molecule has 118 valence electrons. The number of sulfonamides is 1. The van der Waals surface area contributed by atoms with Gasteiger partial charge in [-0.25, -0.2) is 12.7 Å². The summed E-state index contributed by atoms with van der Waals surface area (Å²) in [5.74, 6) is 0. The Morgan fingerprint density at radius 1 is 1.19 bits per heavy atom. The zero-order valence-electron chi connectivity index (χ0n) is 13.4. The van der Waals surface area contributed by atoms with Gasteiger partial charge in [0, 0.05) is 25.8 Å². The fourth-order valence-electron chi connectivity index (χ4n) is 2.74. The van der Waals surface area contributed by atoms with E-state index in [4.69, 9.17) is 0 Å². The lowest BCUT2D eigenvalue weighted by molar-refractivity contribution is 0.232. The zero-order chi connectivity index (χ0) is 15.7. The predicted molar refractivity (Wildman–Crippen MR) is 87.0 cm³/mol. The van der Waals surface area contributed by atoms with Gasteiger partial charge in [-0.05, 0) is 49.3 Å². The second-order valence-electron chi connectivity index (χ2n) is 6.90. The minimum atomic E-state index is -3.37. The highest BCUT2D eigenvalue weighted by atomic mass is 32.2. The SMILES string of the molecule is CN(C)S(=O)(=O)c1cccc(NC2CCC(C)(C)CC2)c1. The van der Waals surface area contributed by atoms with E-state index in [0.29, 0.717) is 16.4 Å². The van der Waals surface area contributed by atoms with Crippen LogP contribution >= 0.6 is 0 Å². The molecule has 0 saturated heterocycles. The van der Waals surface area contributed by atoms with Gasteiger partial charge in [0.25, 0.3) is 0 Å². The predicted octanol–water partition coefficient (Wildman–Crippen LogP) is 3.32. The maximum Gasteiger partial charge on any atom is 0.242 e. The van der Waals surface area contributed by atoms with Crippen LogP contribution in [-0.4, -0.2) is 32.9 Å². The highest BCUT2D eigenvalue weighted by Crippen LogP contribution is 2.36. The van der Waals surface area contributed by atoms with Crippen molar-refractivity contribution in [2.75, 3.05) is 19.4 Å². The molecule has 0 heterocycles. The van der Waals surface area contributed by atoms with Crippen LogP contribution in [0, 0.1) is 5.41 Å². The van der Waals surface area contributed by atoms with Gasteiger partial charge < -0.3 is 5.32 Å². The first-order chi connectivity index (χ1) is 9.71. The lowest BCUT2D eigenvalue weighted by Gasteiger charge is -2.35. The molecule has 0 amide bonds. The lowest BCUT2D eigenvalue weighted by Crippen LogP contribution is -2.30. The Labute approximate surface area is 128 Å². The summed E-state index contributed by atoms with van der Waals surface area (Å²) in [6.45, 7) is 4.63. The Hall–Kier alpha value is -1.07. The highest BCUT2D eigenvalue weighted by molar-refractivity contribution is 7.89. The molecule has 1 aromatic rings. The van der Waals surface area contributed by atoms with Crippen molar-refractivity contribution in [2.45, 2.75) is 50.5 Å². The van der Waals surface area contributed by atoms with Crippen molar-refractivity contribution in [3.63, 3.8) is 0 Å². The Morgan fingerprint density at radius 3 is 2.38 bits per heavy atom. The Kier molecular flexibility index (Phi) is 4.63. The van der Waals surface area contributed by atoms with Crippen molar-refractivity contribution in [3.05, 3.63) is 24.3 Å². The van der Waals surface area contributed by atoms with Crippen LogP contribution < -0.4 is 5.32 Å². The number of nitrogens with zero attached hydrogens (tertiary/aromatic N) is 1. The maximum atomic E-state index is 12.2. The van der Waals surface area contributed by atoms with Crippen LogP contribution in [0.25, 0.3) is 0 Å². The summed E-state index contributed by atoms with van der Waals surface area (Å²) >= 11 is 0. The standard InChI is InChI=1S/C16H26N2O2S/c1-16(2)10-8-13(9-11-16)17-14-6-5-7-15(12-14)21(19,20)18(3)4/h5-7,12-13,17H,8-11H2,1-4H3. The van der Waals surface area contributed by atoms with Crippen LogP contribution in [0.5, 0.6) is 0 Å². The third-order valence-corrected chi connectivity index (χ3v) is 6.13. The lowest BCUT2D eigenvalue weighted by atomic mass is 9.75. The fraction of sp³-hybridized carbons (Fsp3) is 0.625. The molecular formula is C16H26N2O2S. The molecular weight excluding hydrogens is 284 g/mol. The smallest absolute Gasteiger partial charge is 0.242 e. The molecule has 1 aromatic carbocycles. The average Bonchev–Trinajstić information content (AvgIpc) is 2.41. The topological polar surface area (TPSA) is 49.4 Å². The normalized spacial score (nSPS) is 19.7. The number of anilines is 1. The summed E-state index contributed by atoms with van der Waals surface area (Å²) in [4.78, 5) is 0.341. The second kappa shape index (κ2) is 5.97. The van der Waals surface area contributed by atoms with Crippen molar-refractivity contribution in [2.24, 2.45) is 5.41 Å². The molecule has 1 aliphatic carbocycles. The quantitative estimate of drug-likeness (QED) is 0.928. The fourth-order valence-corrected chi connectivity index (χ4v) is 3.68. The van der Waals surface area contributed by atoms with Crippen LogP contribution in [0.2, 0.25) is 0 Å². The molecule has 4 nitrogen and oxygen atoms in total. The van der Waals surface area contributed by atoms with Gasteiger partial charge in [-0.2, -0.15) is 0 Å². The molecule has 2 rings (SSSR count). The van der Waals surface area contributed by atoms with E-state index >= 15 is 0 Å². The van der Waals surface area contributed by atoms with Gasteiger partial charge in [-0.3, -0.25) is 0 Å². The van der Waals surface area contributed by atoms with E-state index in [2.05, 4.69) is 19.2 Å². The summed E-state index contributed by atoms with van der Waals surface area (Å²) in [6, 6.07) is 7.55. The summed E-state index contributed by atoms with van der Waals surface area (Å²) in [7, 11) is -0.257. The van der Waals surface area contributed by atoms with Gasteiger partial charge >= 0.3 is 0 Å². The third kappa shape index (κ3) is 3.98. The molecule has 1 aliphatic rings. The van der Waals surface area contributed by atoms with Crippen LogP contribution in [0.4, 0.5) is 5.69 Å². The molecule has 5 heteroatoms. The molecule has 0 radical (unpaired) electrons.